The Morgan fingerprint density at radius 3 is 2.00 bits per heavy atom. The minimum atomic E-state index is -1.33. The molecule has 0 bridgehead atoms. The molecule has 0 unspecified atom stereocenters. The highest BCUT2D eigenvalue weighted by Crippen LogP contribution is 2.23. The largest absolute Gasteiger partial charge is 0.378 e. The summed E-state index contributed by atoms with van der Waals surface area (Å²) in [5, 5.41) is 5.30. The molecule has 0 heterocycles. The van der Waals surface area contributed by atoms with E-state index in [2.05, 4.69) is 10.6 Å². The first-order chi connectivity index (χ1) is 11.7. The van der Waals surface area contributed by atoms with E-state index in [0.29, 0.717) is 11.4 Å². The van der Waals surface area contributed by atoms with Crippen molar-refractivity contribution in [2.75, 3.05) is 29.6 Å². The number of nitrogens with one attached hydrogen (secondary N) is 2. The lowest BCUT2D eigenvalue weighted by Crippen LogP contribution is -2.41. The normalized spacial score (nSPS) is 10.9. The highest BCUT2D eigenvalue weighted by Gasteiger charge is 2.36. The van der Waals surface area contributed by atoms with Gasteiger partial charge >= 0.3 is 0 Å². The monoisotopic (exact) mass is 343 g/mol. The Balaban J connectivity index is 2.06. The number of hydrogen-bond acceptors (Lipinski definition) is 3. The fraction of sp³-hybridized carbons (Fsp3) is 0.263. The number of carbonyl (C=O) groups is 2. The Bertz CT molecular complexity index is 770. The van der Waals surface area contributed by atoms with Crippen LogP contribution in [0.5, 0.6) is 0 Å². The number of amides is 2. The average molecular weight is 343 g/mol. The van der Waals surface area contributed by atoms with E-state index in [0.717, 1.165) is 5.69 Å². The molecule has 2 N–H and O–H groups in total. The molecule has 132 valence electrons. The molecule has 2 amide bonds. The number of nitrogens with zero attached hydrogens (tertiary/aromatic N) is 1. The minimum absolute atomic E-state index is 0.307. The summed E-state index contributed by atoms with van der Waals surface area (Å²) >= 11 is 0. The molecule has 0 radical (unpaired) electrons. The molecule has 2 aromatic carbocycles. The van der Waals surface area contributed by atoms with Crippen LogP contribution < -0.4 is 15.5 Å². The van der Waals surface area contributed by atoms with Crippen LogP contribution in [0.3, 0.4) is 0 Å². The number of hydrogen-bond donors (Lipinski definition) is 2. The van der Waals surface area contributed by atoms with Gasteiger partial charge in [-0.15, -0.1) is 0 Å². The molecule has 2 rings (SSSR count). The van der Waals surface area contributed by atoms with Crippen molar-refractivity contribution in [2.24, 2.45) is 5.41 Å². The van der Waals surface area contributed by atoms with Crippen molar-refractivity contribution in [2.45, 2.75) is 13.8 Å². The van der Waals surface area contributed by atoms with Crippen molar-refractivity contribution in [1.29, 1.82) is 0 Å². The minimum Gasteiger partial charge on any atom is -0.378 e. The van der Waals surface area contributed by atoms with Gasteiger partial charge in [-0.3, -0.25) is 9.59 Å². The van der Waals surface area contributed by atoms with Crippen molar-refractivity contribution >= 4 is 28.9 Å². The van der Waals surface area contributed by atoms with E-state index in [4.69, 9.17) is 0 Å². The quantitative estimate of drug-likeness (QED) is 0.817. The maximum absolute atomic E-state index is 13.2. The second kappa shape index (κ2) is 7.34. The van der Waals surface area contributed by atoms with E-state index in [-0.39, 0.29) is 0 Å². The zero-order valence-electron chi connectivity index (χ0n) is 14.8. The lowest BCUT2D eigenvalue weighted by molar-refractivity contribution is -0.135. The average Bonchev–Trinajstić information content (AvgIpc) is 2.55. The first kappa shape index (κ1) is 18.4. The Labute approximate surface area is 146 Å². The van der Waals surface area contributed by atoms with Gasteiger partial charge in [-0.05, 0) is 56.3 Å². The fourth-order valence-corrected chi connectivity index (χ4v) is 2.09. The molecular weight excluding hydrogens is 321 g/mol. The maximum Gasteiger partial charge on any atom is 0.239 e. The highest BCUT2D eigenvalue weighted by molar-refractivity contribution is 6.14. The van der Waals surface area contributed by atoms with Crippen molar-refractivity contribution in [3.05, 3.63) is 54.3 Å². The summed E-state index contributed by atoms with van der Waals surface area (Å²) in [5.74, 6) is -1.42. The van der Waals surface area contributed by atoms with Crippen LogP contribution in [0.1, 0.15) is 13.8 Å². The molecule has 0 atom stereocenters. The molecule has 0 saturated carbocycles. The van der Waals surface area contributed by atoms with Crippen LogP contribution in [-0.2, 0) is 9.59 Å². The van der Waals surface area contributed by atoms with E-state index in [1.165, 1.54) is 32.0 Å². The van der Waals surface area contributed by atoms with Gasteiger partial charge in [0.1, 0.15) is 11.2 Å². The molecule has 25 heavy (non-hydrogen) atoms. The molecule has 0 spiro atoms. The van der Waals surface area contributed by atoms with Crippen LogP contribution in [0.2, 0.25) is 0 Å². The molecule has 0 fully saturated rings. The molecule has 0 aromatic heterocycles. The molecule has 0 aliphatic carbocycles. The molecule has 0 aliphatic heterocycles. The Morgan fingerprint density at radius 1 is 0.920 bits per heavy atom. The van der Waals surface area contributed by atoms with Gasteiger partial charge in [0.25, 0.3) is 0 Å². The summed E-state index contributed by atoms with van der Waals surface area (Å²) in [6.45, 7) is 3.04. The lowest BCUT2D eigenvalue weighted by atomic mass is 9.90. The SMILES string of the molecule is CN(C)c1ccc(NC(=O)C(C)(C)C(=O)Nc2cccc(F)c2)cc1. The van der Waals surface area contributed by atoms with E-state index < -0.39 is 23.0 Å². The zero-order valence-corrected chi connectivity index (χ0v) is 14.8. The zero-order chi connectivity index (χ0) is 18.6. The predicted molar refractivity (Wildman–Crippen MR) is 98.2 cm³/mol. The summed E-state index contributed by atoms with van der Waals surface area (Å²) in [6, 6.07) is 12.8. The van der Waals surface area contributed by atoms with Crippen LogP contribution in [0.15, 0.2) is 48.5 Å². The number of anilines is 3. The lowest BCUT2D eigenvalue weighted by Gasteiger charge is -2.23. The Hall–Kier alpha value is -2.89. The molecular formula is C19H22FN3O2. The van der Waals surface area contributed by atoms with E-state index in [9.17, 15) is 14.0 Å². The van der Waals surface area contributed by atoms with Crippen LogP contribution in [0.4, 0.5) is 21.5 Å². The predicted octanol–water partition coefficient (Wildman–Crippen LogP) is 3.50. The number of rotatable bonds is 5. The summed E-state index contributed by atoms with van der Waals surface area (Å²) in [4.78, 5) is 26.9. The number of benzene rings is 2. The molecule has 6 heteroatoms. The second-order valence-corrected chi connectivity index (χ2v) is 6.48. The van der Waals surface area contributed by atoms with Crippen molar-refractivity contribution in [3.63, 3.8) is 0 Å². The van der Waals surface area contributed by atoms with Crippen LogP contribution in [0, 0.1) is 11.2 Å². The van der Waals surface area contributed by atoms with E-state index >= 15 is 0 Å². The fourth-order valence-electron chi connectivity index (χ4n) is 2.09. The van der Waals surface area contributed by atoms with Crippen molar-refractivity contribution in [3.8, 4) is 0 Å². The molecule has 2 aromatic rings. The third kappa shape index (κ3) is 4.56. The standard InChI is InChI=1S/C19H22FN3O2/c1-19(2,18(25)22-15-7-5-6-13(20)12-15)17(24)21-14-8-10-16(11-9-14)23(3)4/h5-12H,1-4H3,(H,21,24)(H,22,25). The summed E-state index contributed by atoms with van der Waals surface area (Å²) in [5.41, 5.74) is 0.580. The summed E-state index contributed by atoms with van der Waals surface area (Å²) in [7, 11) is 3.85. The van der Waals surface area contributed by atoms with Gasteiger partial charge in [0.05, 0.1) is 0 Å². The third-order valence-electron chi connectivity index (χ3n) is 3.86. The van der Waals surface area contributed by atoms with Gasteiger partial charge in [0.2, 0.25) is 11.8 Å². The van der Waals surface area contributed by atoms with Crippen LogP contribution in [-0.4, -0.2) is 25.9 Å². The Kier molecular flexibility index (Phi) is 5.41. The van der Waals surface area contributed by atoms with Gasteiger partial charge in [0, 0.05) is 31.2 Å². The van der Waals surface area contributed by atoms with E-state index in [1.807, 2.05) is 31.1 Å². The maximum atomic E-state index is 13.2. The Morgan fingerprint density at radius 2 is 1.48 bits per heavy atom. The topological polar surface area (TPSA) is 61.4 Å². The van der Waals surface area contributed by atoms with Crippen LogP contribution >= 0.6 is 0 Å². The van der Waals surface area contributed by atoms with E-state index in [1.54, 1.807) is 18.2 Å². The van der Waals surface area contributed by atoms with Crippen LogP contribution in [0.25, 0.3) is 0 Å². The molecule has 0 saturated heterocycles. The van der Waals surface area contributed by atoms with Crippen molar-refractivity contribution in [1.82, 2.24) is 0 Å². The summed E-state index contributed by atoms with van der Waals surface area (Å²) in [6.07, 6.45) is 0. The molecule has 0 aliphatic rings. The van der Waals surface area contributed by atoms with Crippen molar-refractivity contribution < 1.29 is 14.0 Å². The van der Waals surface area contributed by atoms with Gasteiger partial charge in [-0.2, -0.15) is 0 Å². The van der Waals surface area contributed by atoms with Gasteiger partial charge in [-0.25, -0.2) is 4.39 Å². The smallest absolute Gasteiger partial charge is 0.239 e. The molecule has 5 nitrogen and oxygen atoms in total. The number of halogens is 1. The first-order valence-electron chi connectivity index (χ1n) is 7.86. The van der Waals surface area contributed by atoms with Gasteiger partial charge in [-0.1, -0.05) is 6.07 Å². The number of carbonyl (C=O) groups excluding carboxylic acids is 2. The van der Waals surface area contributed by atoms with Gasteiger partial charge < -0.3 is 15.5 Å². The summed E-state index contributed by atoms with van der Waals surface area (Å²) < 4.78 is 13.2. The van der Waals surface area contributed by atoms with Gasteiger partial charge in [0.15, 0.2) is 0 Å². The third-order valence-corrected chi connectivity index (χ3v) is 3.86. The first-order valence-corrected chi connectivity index (χ1v) is 7.86. The second-order valence-electron chi connectivity index (χ2n) is 6.48. The highest BCUT2D eigenvalue weighted by atomic mass is 19.1.